The van der Waals surface area contributed by atoms with Gasteiger partial charge in [-0.3, -0.25) is 4.79 Å². The van der Waals surface area contributed by atoms with Gasteiger partial charge in [0.1, 0.15) is 0 Å². The Bertz CT molecular complexity index is 962. The molecule has 8 heteroatoms. The summed E-state index contributed by atoms with van der Waals surface area (Å²) in [5.41, 5.74) is 1.84. The molecule has 3 rings (SSSR count). The molecule has 3 aromatic rings. The smallest absolute Gasteiger partial charge is 0.545 e. The van der Waals surface area contributed by atoms with Gasteiger partial charge in [-0.25, -0.2) is 0 Å². The Morgan fingerprint density at radius 3 is 2.30 bits per heavy atom. The van der Waals surface area contributed by atoms with Gasteiger partial charge in [0.05, 0.1) is 22.2 Å². The molecule has 134 valence electrons. The zero-order valence-electron chi connectivity index (χ0n) is 13.6. The van der Waals surface area contributed by atoms with Crippen LogP contribution in [0.3, 0.4) is 0 Å². The molecule has 0 spiro atoms. The number of amides is 1. The molecule has 0 atom stereocenters. The van der Waals surface area contributed by atoms with Gasteiger partial charge in [-0.1, -0.05) is 36.7 Å². The number of anilines is 1. The summed E-state index contributed by atoms with van der Waals surface area (Å²) in [4.78, 5) is 23.9. The van der Waals surface area contributed by atoms with E-state index in [0.717, 1.165) is 11.1 Å². The second-order valence-corrected chi connectivity index (χ2v) is 6.76. The van der Waals surface area contributed by atoms with Crippen LogP contribution in [0, 0.1) is 0 Å². The van der Waals surface area contributed by atoms with E-state index in [2.05, 4.69) is 5.32 Å². The summed E-state index contributed by atoms with van der Waals surface area (Å²) in [6, 6.07) is 11.0. The first-order valence-corrected chi connectivity index (χ1v) is 8.80. The number of hydrogen-bond donors (Lipinski definition) is 1. The van der Waals surface area contributed by atoms with Gasteiger partial charge in [-0.15, -0.1) is 0 Å². The Balaban J connectivity index is 0.00000182. The van der Waals surface area contributed by atoms with Gasteiger partial charge in [-0.05, 0) is 58.3 Å². The van der Waals surface area contributed by atoms with Crippen molar-refractivity contribution in [3.8, 4) is 11.1 Å². The number of halogens is 2. The van der Waals surface area contributed by atoms with Crippen molar-refractivity contribution in [2.75, 3.05) is 5.32 Å². The van der Waals surface area contributed by atoms with E-state index in [0.29, 0.717) is 5.02 Å². The fraction of sp³-hybridized carbons (Fsp3) is 0.0526. The molecular weight excluding hydrogens is 400 g/mol. The van der Waals surface area contributed by atoms with Crippen molar-refractivity contribution in [1.82, 2.24) is 0 Å². The minimum Gasteiger partial charge on any atom is -0.545 e. The number of rotatable bonds is 4. The van der Waals surface area contributed by atoms with Crippen LogP contribution in [0.5, 0.6) is 0 Å². The summed E-state index contributed by atoms with van der Waals surface area (Å²) in [6.45, 7) is 0. The first-order valence-electron chi connectivity index (χ1n) is 7.10. The number of carboxylic acids is 1. The fourth-order valence-corrected chi connectivity index (χ4v) is 3.45. The number of carbonyl (C=O) groups excluding carboxylic acids is 2. The van der Waals surface area contributed by atoms with Crippen molar-refractivity contribution in [2.45, 2.75) is 7.43 Å². The molecule has 1 heterocycles. The van der Waals surface area contributed by atoms with Crippen molar-refractivity contribution >= 4 is 52.1 Å². The number of aromatic carboxylic acids is 1. The Morgan fingerprint density at radius 2 is 1.70 bits per heavy atom. The minimum atomic E-state index is -1.38. The van der Waals surface area contributed by atoms with Crippen LogP contribution < -0.4 is 29.3 Å². The molecule has 0 fully saturated rings. The van der Waals surface area contributed by atoms with Crippen LogP contribution in [0.15, 0.2) is 53.2 Å². The number of carboxylic acid groups (broad SMARTS) is 1. The SMILES string of the molecule is C.O=C(Nc1ccc(-c2ccsc2)cc1C(=O)[O-])c1ccc(Cl)cc1Cl.[Li+]. The van der Waals surface area contributed by atoms with Crippen LogP contribution in [0.25, 0.3) is 11.1 Å². The fourth-order valence-electron chi connectivity index (χ4n) is 2.29. The predicted molar refractivity (Wildman–Crippen MR) is 105 cm³/mol. The topological polar surface area (TPSA) is 69.2 Å². The van der Waals surface area contributed by atoms with Gasteiger partial charge in [0.2, 0.25) is 0 Å². The maximum Gasteiger partial charge on any atom is 1.00 e. The number of hydrogen-bond acceptors (Lipinski definition) is 4. The van der Waals surface area contributed by atoms with E-state index in [-0.39, 0.29) is 48.1 Å². The van der Waals surface area contributed by atoms with Crippen molar-refractivity contribution in [2.24, 2.45) is 0 Å². The van der Waals surface area contributed by atoms with Crippen LogP contribution in [0.4, 0.5) is 5.69 Å². The summed E-state index contributed by atoms with van der Waals surface area (Å²) in [5.74, 6) is -1.91. The average Bonchev–Trinajstić information content (AvgIpc) is 3.09. The Hall–Kier alpha value is -1.74. The van der Waals surface area contributed by atoms with Crippen LogP contribution in [-0.2, 0) is 0 Å². The van der Waals surface area contributed by atoms with E-state index in [1.165, 1.54) is 41.7 Å². The quantitative estimate of drug-likeness (QED) is 0.664. The predicted octanol–water partition coefficient (Wildman–Crippen LogP) is 1.98. The second kappa shape index (κ2) is 9.98. The third kappa shape index (κ3) is 5.38. The molecule has 0 radical (unpaired) electrons. The molecular formula is C19H14Cl2LiNO3S. The monoisotopic (exact) mass is 413 g/mol. The van der Waals surface area contributed by atoms with Crippen LogP contribution >= 0.6 is 34.5 Å². The molecule has 0 unspecified atom stereocenters. The van der Waals surface area contributed by atoms with Gasteiger partial charge < -0.3 is 15.2 Å². The number of benzene rings is 2. The van der Waals surface area contributed by atoms with E-state index in [1.54, 1.807) is 6.07 Å². The molecule has 0 aliphatic rings. The standard InChI is InChI=1S/C18H11Cl2NO3S.CH4.Li/c19-12-2-3-13(15(20)8-12)17(22)21-16-4-1-10(7-14(16)18(23)24)11-5-6-25-9-11;;/h1-9H,(H,21,22)(H,23,24);1H4;/q;;+1/p-1. The largest absolute Gasteiger partial charge is 1.00 e. The summed E-state index contributed by atoms with van der Waals surface area (Å²) >= 11 is 13.3. The molecule has 4 nitrogen and oxygen atoms in total. The first-order chi connectivity index (χ1) is 12.0. The Kier molecular flexibility index (Phi) is 8.61. The second-order valence-electron chi connectivity index (χ2n) is 5.14. The minimum absolute atomic E-state index is 0. The van der Waals surface area contributed by atoms with Gasteiger partial charge in [0.25, 0.3) is 5.91 Å². The third-order valence-electron chi connectivity index (χ3n) is 3.52. The van der Waals surface area contributed by atoms with Gasteiger partial charge >= 0.3 is 18.9 Å². The van der Waals surface area contributed by atoms with E-state index >= 15 is 0 Å². The third-order valence-corrected chi connectivity index (χ3v) is 4.75. The number of nitrogens with one attached hydrogen (secondary N) is 1. The van der Waals surface area contributed by atoms with Gasteiger partial charge in [-0.2, -0.15) is 11.3 Å². The van der Waals surface area contributed by atoms with E-state index in [9.17, 15) is 14.7 Å². The van der Waals surface area contributed by atoms with Crippen molar-refractivity contribution < 1.29 is 33.6 Å². The molecule has 2 aromatic carbocycles. The summed E-state index contributed by atoms with van der Waals surface area (Å²) < 4.78 is 0. The molecule has 1 aromatic heterocycles. The Labute approximate surface area is 183 Å². The molecule has 0 saturated carbocycles. The van der Waals surface area contributed by atoms with Crippen molar-refractivity contribution in [1.29, 1.82) is 0 Å². The molecule has 0 saturated heterocycles. The first kappa shape index (κ1) is 23.3. The maximum atomic E-state index is 12.4. The zero-order chi connectivity index (χ0) is 18.0. The maximum absolute atomic E-state index is 12.4. The van der Waals surface area contributed by atoms with E-state index in [4.69, 9.17) is 23.2 Å². The summed E-state index contributed by atoms with van der Waals surface area (Å²) in [7, 11) is 0. The molecule has 0 bridgehead atoms. The van der Waals surface area contributed by atoms with Gasteiger partial charge in [0, 0.05) is 10.6 Å². The molecule has 27 heavy (non-hydrogen) atoms. The van der Waals surface area contributed by atoms with Crippen LogP contribution in [0.1, 0.15) is 28.1 Å². The van der Waals surface area contributed by atoms with Crippen molar-refractivity contribution in [3.05, 3.63) is 74.4 Å². The van der Waals surface area contributed by atoms with Crippen LogP contribution in [0.2, 0.25) is 10.0 Å². The zero-order valence-corrected chi connectivity index (χ0v) is 15.9. The number of thiophene rings is 1. The number of carbonyl (C=O) groups is 2. The average molecular weight is 414 g/mol. The molecule has 0 aliphatic heterocycles. The van der Waals surface area contributed by atoms with Crippen molar-refractivity contribution in [3.63, 3.8) is 0 Å². The van der Waals surface area contributed by atoms with Crippen LogP contribution in [-0.4, -0.2) is 11.9 Å². The summed E-state index contributed by atoms with van der Waals surface area (Å²) in [5, 5.41) is 18.4. The van der Waals surface area contributed by atoms with Gasteiger partial charge in [0.15, 0.2) is 0 Å². The summed E-state index contributed by atoms with van der Waals surface area (Å²) in [6.07, 6.45) is 0. The molecule has 1 amide bonds. The molecule has 0 aliphatic carbocycles. The normalized spacial score (nSPS) is 9.70. The van der Waals surface area contributed by atoms with E-state index in [1.807, 2.05) is 16.8 Å². The Morgan fingerprint density at radius 1 is 0.963 bits per heavy atom. The molecule has 1 N–H and O–H groups in total. The van der Waals surface area contributed by atoms with E-state index < -0.39 is 11.9 Å².